The summed E-state index contributed by atoms with van der Waals surface area (Å²) in [6, 6.07) is 10.3. The molecule has 0 saturated carbocycles. The number of hydrogen-bond acceptors (Lipinski definition) is 2. The molecule has 1 aromatic rings. The average Bonchev–Trinajstić information content (AvgIpc) is 2.36. The van der Waals surface area contributed by atoms with E-state index in [4.69, 9.17) is 4.74 Å². The molecule has 0 radical (unpaired) electrons. The zero-order valence-electron chi connectivity index (χ0n) is 11.4. The van der Waals surface area contributed by atoms with Gasteiger partial charge in [0.25, 0.3) is 0 Å². The summed E-state index contributed by atoms with van der Waals surface area (Å²) in [6.45, 7) is 6.94. The highest BCUT2D eigenvalue weighted by molar-refractivity contribution is 5.14. The van der Waals surface area contributed by atoms with E-state index in [2.05, 4.69) is 31.3 Å². The van der Waals surface area contributed by atoms with E-state index in [1.54, 1.807) is 0 Å². The second kappa shape index (κ2) is 8.22. The van der Waals surface area contributed by atoms with Crippen LogP contribution in [0.5, 0.6) is 0 Å². The summed E-state index contributed by atoms with van der Waals surface area (Å²) in [5, 5.41) is 3.43. The van der Waals surface area contributed by atoms with Crippen LogP contribution in [0.3, 0.4) is 0 Å². The van der Waals surface area contributed by atoms with Gasteiger partial charge in [0.15, 0.2) is 0 Å². The first-order chi connectivity index (χ1) is 8.64. The van der Waals surface area contributed by atoms with E-state index in [-0.39, 0.29) is 12.1 Å². The smallest absolute Gasteiger partial charge is 0.0916 e. The third kappa shape index (κ3) is 6.72. The fourth-order valence-corrected chi connectivity index (χ4v) is 1.70. The van der Waals surface area contributed by atoms with Crippen LogP contribution in [0.15, 0.2) is 30.3 Å². The van der Waals surface area contributed by atoms with Crippen LogP contribution in [-0.2, 0) is 11.3 Å². The Morgan fingerprint density at radius 1 is 1.22 bits per heavy atom. The van der Waals surface area contributed by atoms with Crippen molar-refractivity contribution in [1.82, 2.24) is 5.32 Å². The molecule has 102 valence electrons. The Hall–Kier alpha value is -0.930. The minimum atomic E-state index is -0.299. The molecule has 0 fully saturated rings. The lowest BCUT2D eigenvalue weighted by Crippen LogP contribution is -2.33. The van der Waals surface area contributed by atoms with Gasteiger partial charge >= 0.3 is 0 Å². The summed E-state index contributed by atoms with van der Waals surface area (Å²) in [5.74, 6) is 0. The monoisotopic (exact) mass is 253 g/mol. The Balaban J connectivity index is 2.16. The highest BCUT2D eigenvalue weighted by atomic mass is 19.1. The van der Waals surface area contributed by atoms with E-state index in [1.165, 1.54) is 5.56 Å². The van der Waals surface area contributed by atoms with Crippen molar-refractivity contribution < 1.29 is 9.13 Å². The molecule has 0 bridgehead atoms. The van der Waals surface area contributed by atoms with Crippen LogP contribution in [0.2, 0.25) is 0 Å². The lowest BCUT2D eigenvalue weighted by Gasteiger charge is -2.25. The topological polar surface area (TPSA) is 21.3 Å². The number of halogens is 1. The minimum Gasteiger partial charge on any atom is -0.381 e. The van der Waals surface area contributed by atoms with Crippen LogP contribution in [-0.4, -0.2) is 26.4 Å². The molecule has 0 amide bonds. The van der Waals surface area contributed by atoms with Crippen molar-refractivity contribution >= 4 is 0 Å². The van der Waals surface area contributed by atoms with E-state index in [1.807, 2.05) is 18.2 Å². The first-order valence-electron chi connectivity index (χ1n) is 6.52. The molecule has 0 aromatic heterocycles. The van der Waals surface area contributed by atoms with Crippen LogP contribution in [0.4, 0.5) is 4.39 Å². The summed E-state index contributed by atoms with van der Waals surface area (Å²) in [6.07, 6.45) is 0.494. The van der Waals surface area contributed by atoms with Crippen molar-refractivity contribution in [3.8, 4) is 0 Å². The van der Waals surface area contributed by atoms with Gasteiger partial charge in [-0.3, -0.25) is 4.39 Å². The van der Waals surface area contributed by atoms with Crippen molar-refractivity contribution in [3.63, 3.8) is 0 Å². The molecule has 0 atom stereocenters. The van der Waals surface area contributed by atoms with Crippen molar-refractivity contribution in [3.05, 3.63) is 35.9 Å². The summed E-state index contributed by atoms with van der Waals surface area (Å²) < 4.78 is 17.4. The molecule has 1 rings (SSSR count). The number of benzene rings is 1. The van der Waals surface area contributed by atoms with Gasteiger partial charge in [-0.2, -0.15) is 0 Å². The molecular formula is C15H24FNO. The maximum absolute atomic E-state index is 11.9. The van der Waals surface area contributed by atoms with Crippen LogP contribution in [0.1, 0.15) is 25.8 Å². The predicted octanol–water partition coefficient (Wildman–Crippen LogP) is 3.18. The molecule has 0 aliphatic rings. The molecule has 0 unspecified atom stereocenters. The average molecular weight is 253 g/mol. The summed E-state index contributed by atoms with van der Waals surface area (Å²) in [7, 11) is 0. The van der Waals surface area contributed by atoms with Gasteiger partial charge in [0, 0.05) is 25.1 Å². The Morgan fingerprint density at radius 2 is 1.94 bits per heavy atom. The second-order valence-corrected chi connectivity index (χ2v) is 5.35. The molecule has 2 nitrogen and oxygen atoms in total. The van der Waals surface area contributed by atoms with Gasteiger partial charge in [0.1, 0.15) is 0 Å². The Kier molecular flexibility index (Phi) is 6.91. The van der Waals surface area contributed by atoms with Gasteiger partial charge in [-0.05, 0) is 12.0 Å². The first kappa shape index (κ1) is 15.1. The van der Waals surface area contributed by atoms with E-state index in [0.717, 1.165) is 13.1 Å². The van der Waals surface area contributed by atoms with E-state index in [0.29, 0.717) is 19.6 Å². The Bertz CT molecular complexity index is 314. The van der Waals surface area contributed by atoms with Crippen LogP contribution in [0.25, 0.3) is 0 Å². The van der Waals surface area contributed by atoms with Crippen molar-refractivity contribution in [2.45, 2.75) is 26.8 Å². The van der Waals surface area contributed by atoms with Gasteiger partial charge < -0.3 is 10.1 Å². The first-order valence-corrected chi connectivity index (χ1v) is 6.52. The fourth-order valence-electron chi connectivity index (χ4n) is 1.70. The molecule has 1 aromatic carbocycles. The zero-order valence-corrected chi connectivity index (χ0v) is 11.4. The van der Waals surface area contributed by atoms with Gasteiger partial charge in [0.2, 0.25) is 0 Å². The quantitative estimate of drug-likeness (QED) is 0.682. The molecule has 1 N–H and O–H groups in total. The molecule has 0 heterocycles. The van der Waals surface area contributed by atoms with Crippen molar-refractivity contribution in [2.24, 2.45) is 5.41 Å². The standard InChI is InChI=1S/C15H24FNO/c1-15(2,13-18-10-6-9-16)12-17-11-14-7-4-3-5-8-14/h3-5,7-8,17H,6,9-13H2,1-2H3. The number of alkyl halides is 1. The Morgan fingerprint density at radius 3 is 2.61 bits per heavy atom. The van der Waals surface area contributed by atoms with Crippen molar-refractivity contribution in [2.75, 3.05) is 26.4 Å². The molecular weight excluding hydrogens is 229 g/mol. The van der Waals surface area contributed by atoms with Crippen LogP contribution < -0.4 is 5.32 Å². The normalized spacial score (nSPS) is 11.7. The third-order valence-corrected chi connectivity index (χ3v) is 2.69. The highest BCUT2D eigenvalue weighted by Gasteiger charge is 2.17. The van der Waals surface area contributed by atoms with Gasteiger partial charge in [-0.25, -0.2) is 0 Å². The molecule has 18 heavy (non-hydrogen) atoms. The summed E-state index contributed by atoms with van der Waals surface area (Å²) in [4.78, 5) is 0. The third-order valence-electron chi connectivity index (χ3n) is 2.69. The number of hydrogen-bond donors (Lipinski definition) is 1. The SMILES string of the molecule is CC(C)(CNCc1ccccc1)COCCCF. The molecule has 3 heteroatoms. The lowest BCUT2D eigenvalue weighted by atomic mass is 9.95. The van der Waals surface area contributed by atoms with Crippen molar-refractivity contribution in [1.29, 1.82) is 0 Å². The van der Waals surface area contributed by atoms with Gasteiger partial charge in [-0.15, -0.1) is 0 Å². The van der Waals surface area contributed by atoms with Gasteiger partial charge in [-0.1, -0.05) is 44.2 Å². The molecule has 0 aliphatic heterocycles. The summed E-state index contributed by atoms with van der Waals surface area (Å²) >= 11 is 0. The number of ether oxygens (including phenoxy) is 1. The fraction of sp³-hybridized carbons (Fsp3) is 0.600. The van der Waals surface area contributed by atoms with Gasteiger partial charge in [0.05, 0.1) is 13.3 Å². The maximum atomic E-state index is 11.9. The second-order valence-electron chi connectivity index (χ2n) is 5.35. The zero-order chi connectivity index (χ0) is 13.3. The molecule has 0 saturated heterocycles. The van der Waals surface area contributed by atoms with Crippen LogP contribution >= 0.6 is 0 Å². The summed E-state index contributed by atoms with van der Waals surface area (Å²) in [5.41, 5.74) is 1.36. The lowest BCUT2D eigenvalue weighted by molar-refractivity contribution is 0.0579. The minimum absolute atomic E-state index is 0.0745. The highest BCUT2D eigenvalue weighted by Crippen LogP contribution is 2.14. The van der Waals surface area contributed by atoms with E-state index in [9.17, 15) is 4.39 Å². The maximum Gasteiger partial charge on any atom is 0.0916 e. The largest absolute Gasteiger partial charge is 0.381 e. The van der Waals surface area contributed by atoms with E-state index < -0.39 is 0 Å². The predicted molar refractivity (Wildman–Crippen MR) is 73.3 cm³/mol. The Labute approximate surface area is 110 Å². The molecule has 0 aliphatic carbocycles. The molecule has 0 spiro atoms. The number of rotatable bonds is 9. The van der Waals surface area contributed by atoms with E-state index >= 15 is 0 Å². The van der Waals surface area contributed by atoms with Crippen LogP contribution in [0, 0.1) is 5.41 Å². The number of nitrogens with one attached hydrogen (secondary N) is 1.